The fourth-order valence-electron chi connectivity index (χ4n) is 2.72. The summed E-state index contributed by atoms with van der Waals surface area (Å²) in [7, 11) is 1.88. The molecule has 1 aromatic carbocycles. The highest BCUT2D eigenvalue weighted by atomic mass is 19.1. The van der Waals surface area contributed by atoms with Crippen molar-refractivity contribution >= 4 is 5.69 Å². The van der Waals surface area contributed by atoms with Gasteiger partial charge in [-0.15, -0.1) is 0 Å². The summed E-state index contributed by atoms with van der Waals surface area (Å²) in [6, 6.07) is 11.2. The lowest BCUT2D eigenvalue weighted by Crippen LogP contribution is -2.23. The number of hydrogen-bond donors (Lipinski definition) is 0. The van der Waals surface area contributed by atoms with Gasteiger partial charge in [0, 0.05) is 25.4 Å². The average Bonchev–Trinajstić information content (AvgIpc) is 2.71. The van der Waals surface area contributed by atoms with Gasteiger partial charge in [0.1, 0.15) is 23.4 Å². The molecule has 5 nitrogen and oxygen atoms in total. The van der Waals surface area contributed by atoms with Gasteiger partial charge in [-0.2, -0.15) is 5.26 Å². The molecule has 142 valence electrons. The monoisotopic (exact) mass is 380 g/mol. The van der Waals surface area contributed by atoms with Crippen LogP contribution in [0.4, 0.5) is 14.5 Å². The molecule has 0 atom stereocenters. The van der Waals surface area contributed by atoms with E-state index in [-0.39, 0.29) is 18.1 Å². The van der Waals surface area contributed by atoms with Gasteiger partial charge in [0.05, 0.1) is 31.3 Å². The third kappa shape index (κ3) is 4.87. The predicted molar refractivity (Wildman–Crippen MR) is 101 cm³/mol. The Balaban J connectivity index is 1.69. The van der Waals surface area contributed by atoms with Gasteiger partial charge in [0.15, 0.2) is 0 Å². The maximum absolute atomic E-state index is 13.3. The van der Waals surface area contributed by atoms with Crippen molar-refractivity contribution in [3.8, 4) is 17.2 Å². The van der Waals surface area contributed by atoms with E-state index in [0.29, 0.717) is 18.7 Å². The average molecular weight is 380 g/mol. The first kappa shape index (κ1) is 19.4. The van der Waals surface area contributed by atoms with Crippen LogP contribution in [0, 0.1) is 23.0 Å². The van der Waals surface area contributed by atoms with Crippen molar-refractivity contribution in [1.82, 2.24) is 9.97 Å². The van der Waals surface area contributed by atoms with Gasteiger partial charge >= 0.3 is 0 Å². The minimum absolute atomic E-state index is 0.259. The summed E-state index contributed by atoms with van der Waals surface area (Å²) in [4.78, 5) is 9.87. The third-order valence-corrected chi connectivity index (χ3v) is 4.17. The molecule has 7 heteroatoms. The molecular weight excluding hydrogens is 362 g/mol. The molecule has 2 aromatic heterocycles. The smallest absolute Gasteiger partial charge is 0.141 e. The number of anilines is 1. The predicted octanol–water partition coefficient (Wildman–Crippen LogP) is 3.95. The van der Waals surface area contributed by atoms with Crippen LogP contribution in [0.5, 0.6) is 0 Å². The Morgan fingerprint density at radius 2 is 1.86 bits per heavy atom. The highest BCUT2D eigenvalue weighted by Gasteiger charge is 2.12. The summed E-state index contributed by atoms with van der Waals surface area (Å²) < 4.78 is 32.0. The summed E-state index contributed by atoms with van der Waals surface area (Å²) in [5, 5.41) is 9.15. The zero-order valence-electron chi connectivity index (χ0n) is 15.3. The second-order valence-electron chi connectivity index (χ2n) is 6.19. The lowest BCUT2D eigenvalue weighted by molar-refractivity contribution is 0.127. The maximum Gasteiger partial charge on any atom is 0.141 e. The molecule has 3 aromatic rings. The first-order chi connectivity index (χ1) is 13.6. The van der Waals surface area contributed by atoms with Crippen LogP contribution in [0.3, 0.4) is 0 Å². The van der Waals surface area contributed by atoms with E-state index < -0.39 is 5.82 Å². The molecule has 0 saturated heterocycles. The molecule has 0 N–H and O–H groups in total. The van der Waals surface area contributed by atoms with Crippen molar-refractivity contribution in [3.05, 3.63) is 77.9 Å². The fourth-order valence-corrected chi connectivity index (χ4v) is 2.72. The topological polar surface area (TPSA) is 62.0 Å². The van der Waals surface area contributed by atoms with Crippen molar-refractivity contribution in [3.63, 3.8) is 0 Å². The van der Waals surface area contributed by atoms with Crippen LogP contribution in [0.2, 0.25) is 0 Å². The quantitative estimate of drug-likeness (QED) is 0.581. The summed E-state index contributed by atoms with van der Waals surface area (Å²) in [5.41, 5.74) is 3.31. The summed E-state index contributed by atoms with van der Waals surface area (Å²) >= 11 is 0. The van der Waals surface area contributed by atoms with E-state index in [9.17, 15) is 8.78 Å². The second-order valence-corrected chi connectivity index (χ2v) is 6.19. The Morgan fingerprint density at radius 1 is 1.07 bits per heavy atom. The molecule has 28 heavy (non-hydrogen) atoms. The number of pyridine rings is 2. The number of likely N-dealkylation sites (N-methyl/N-ethyl adjacent to an activating group) is 1. The molecule has 0 amide bonds. The molecule has 0 saturated carbocycles. The van der Waals surface area contributed by atoms with E-state index in [0.717, 1.165) is 23.0 Å². The normalized spacial score (nSPS) is 10.5. The number of nitriles is 1. The van der Waals surface area contributed by atoms with E-state index in [4.69, 9.17) is 10.00 Å². The zero-order valence-corrected chi connectivity index (χ0v) is 15.3. The van der Waals surface area contributed by atoms with Crippen LogP contribution in [0.1, 0.15) is 11.3 Å². The van der Waals surface area contributed by atoms with Crippen LogP contribution in [-0.2, 0) is 11.3 Å². The van der Waals surface area contributed by atoms with E-state index in [1.165, 1.54) is 18.2 Å². The van der Waals surface area contributed by atoms with E-state index in [2.05, 4.69) is 9.97 Å². The molecule has 0 aliphatic rings. The van der Waals surface area contributed by atoms with Crippen molar-refractivity contribution < 1.29 is 13.5 Å². The Kier molecular flexibility index (Phi) is 6.25. The fraction of sp³-hybridized carbons (Fsp3) is 0.190. The van der Waals surface area contributed by atoms with Gasteiger partial charge in [-0.25, -0.2) is 13.8 Å². The number of ether oxygens (including phenoxy) is 1. The molecule has 3 rings (SSSR count). The zero-order chi connectivity index (χ0) is 19.9. The number of nitrogens with zero attached hydrogens (tertiary/aromatic N) is 4. The van der Waals surface area contributed by atoms with Gasteiger partial charge in [-0.3, -0.25) is 4.98 Å². The molecule has 0 spiro atoms. The number of hydrogen-bond acceptors (Lipinski definition) is 5. The molecule has 2 heterocycles. The Hall–Kier alpha value is -3.37. The standard InChI is InChI=1S/C21H18F2N4O/c1-27(6-7-28-14-15-8-18(23)12-25-11-15)21-13-26-19(10-24)9-20(21)16-2-4-17(22)5-3-16/h2-5,8-9,11-13H,6-7,14H2,1H3. The molecule has 0 bridgehead atoms. The van der Waals surface area contributed by atoms with Crippen molar-refractivity contribution in [1.29, 1.82) is 5.26 Å². The highest BCUT2D eigenvalue weighted by molar-refractivity contribution is 5.78. The van der Waals surface area contributed by atoms with Gasteiger partial charge in [-0.05, 0) is 35.4 Å². The Morgan fingerprint density at radius 3 is 2.57 bits per heavy atom. The first-order valence-electron chi connectivity index (χ1n) is 8.61. The molecule has 0 aliphatic carbocycles. The van der Waals surface area contributed by atoms with Crippen LogP contribution in [-0.4, -0.2) is 30.2 Å². The van der Waals surface area contributed by atoms with Crippen molar-refractivity contribution in [2.24, 2.45) is 0 Å². The van der Waals surface area contributed by atoms with E-state index in [1.807, 2.05) is 18.0 Å². The van der Waals surface area contributed by atoms with Crippen molar-refractivity contribution in [2.45, 2.75) is 6.61 Å². The highest BCUT2D eigenvalue weighted by Crippen LogP contribution is 2.30. The lowest BCUT2D eigenvalue weighted by atomic mass is 10.0. The summed E-state index contributed by atoms with van der Waals surface area (Å²) in [6.45, 7) is 1.20. The van der Waals surface area contributed by atoms with Crippen LogP contribution in [0.25, 0.3) is 11.1 Å². The lowest BCUT2D eigenvalue weighted by Gasteiger charge is -2.22. The molecule has 0 aliphatic heterocycles. The molecule has 0 fully saturated rings. The number of benzene rings is 1. The first-order valence-corrected chi connectivity index (χ1v) is 8.61. The third-order valence-electron chi connectivity index (χ3n) is 4.17. The van der Waals surface area contributed by atoms with Crippen LogP contribution >= 0.6 is 0 Å². The Labute approximate surface area is 161 Å². The van der Waals surface area contributed by atoms with Crippen molar-refractivity contribution in [2.75, 3.05) is 25.1 Å². The molecule has 0 unspecified atom stereocenters. The SMILES string of the molecule is CN(CCOCc1cncc(F)c1)c1cnc(C#N)cc1-c1ccc(F)cc1. The summed E-state index contributed by atoms with van der Waals surface area (Å²) in [5.74, 6) is -0.723. The minimum atomic E-state index is -0.397. The van der Waals surface area contributed by atoms with Crippen LogP contribution in [0.15, 0.2) is 55.0 Å². The Bertz CT molecular complexity index is 986. The molecule has 0 radical (unpaired) electrons. The van der Waals surface area contributed by atoms with E-state index >= 15 is 0 Å². The van der Waals surface area contributed by atoms with Gasteiger partial charge < -0.3 is 9.64 Å². The maximum atomic E-state index is 13.3. The van der Waals surface area contributed by atoms with Gasteiger partial charge in [-0.1, -0.05) is 12.1 Å². The van der Waals surface area contributed by atoms with Crippen LogP contribution < -0.4 is 4.90 Å². The largest absolute Gasteiger partial charge is 0.375 e. The van der Waals surface area contributed by atoms with E-state index in [1.54, 1.807) is 30.6 Å². The summed E-state index contributed by atoms with van der Waals surface area (Å²) in [6.07, 6.45) is 4.32. The second kappa shape index (κ2) is 9.02. The number of aromatic nitrogens is 2. The van der Waals surface area contributed by atoms with Gasteiger partial charge in [0.2, 0.25) is 0 Å². The minimum Gasteiger partial charge on any atom is -0.375 e. The van der Waals surface area contributed by atoms with Gasteiger partial charge in [0.25, 0.3) is 0 Å². The number of halogens is 2. The number of rotatable bonds is 7. The molecular formula is C21H18F2N4O.